The van der Waals surface area contributed by atoms with E-state index >= 15 is 0 Å². The number of aromatic nitrogens is 4. The first kappa shape index (κ1) is 22.6. The highest BCUT2D eigenvalue weighted by Crippen LogP contribution is 2.30. The molecule has 188 valence electrons. The molecule has 0 radical (unpaired) electrons. The molecule has 3 heterocycles. The number of benzene rings is 4. The van der Waals surface area contributed by atoms with Gasteiger partial charge in [0.05, 0.1) is 17.4 Å². The molecule has 0 bridgehead atoms. The third kappa shape index (κ3) is 4.00. The van der Waals surface area contributed by atoms with Gasteiger partial charge >= 0.3 is 0 Å². The molecule has 39 heavy (non-hydrogen) atoms. The number of anilines is 3. The second kappa shape index (κ2) is 9.04. The van der Waals surface area contributed by atoms with Crippen LogP contribution in [0, 0.1) is 0 Å². The summed E-state index contributed by atoms with van der Waals surface area (Å²) in [5, 5.41) is 10.5. The number of hydrogen-bond donors (Lipinski definition) is 3. The summed E-state index contributed by atoms with van der Waals surface area (Å²) in [5.41, 5.74) is 6.60. The van der Waals surface area contributed by atoms with E-state index in [4.69, 9.17) is 0 Å². The van der Waals surface area contributed by atoms with Gasteiger partial charge in [0.1, 0.15) is 0 Å². The molecule has 7 aromatic rings. The van der Waals surface area contributed by atoms with E-state index in [-0.39, 0.29) is 5.91 Å². The van der Waals surface area contributed by atoms with Crippen LogP contribution < -0.4 is 10.2 Å². The van der Waals surface area contributed by atoms with Gasteiger partial charge in [-0.3, -0.25) is 14.5 Å². The second-order valence-electron chi connectivity index (χ2n) is 9.30. The minimum Gasteiger partial charge on any atom is -0.361 e. The van der Waals surface area contributed by atoms with Crippen LogP contribution in [0.4, 0.5) is 17.1 Å². The maximum Gasteiger partial charge on any atom is 0.255 e. The van der Waals surface area contributed by atoms with Crippen LogP contribution in [0.25, 0.3) is 38.4 Å². The minimum atomic E-state index is -0.168. The van der Waals surface area contributed by atoms with Gasteiger partial charge in [0, 0.05) is 62.2 Å². The zero-order valence-corrected chi connectivity index (χ0v) is 20.6. The molecule has 3 aromatic heterocycles. The molecule has 4 aromatic carbocycles. The predicted molar refractivity (Wildman–Crippen MR) is 154 cm³/mol. The van der Waals surface area contributed by atoms with Gasteiger partial charge in [-0.15, -0.1) is 0 Å². The quantitative estimate of drug-likeness (QED) is 0.222. The molecular formula is C31H22N6O2. The minimum absolute atomic E-state index is 0.168. The van der Waals surface area contributed by atoms with Gasteiger partial charge in [0.2, 0.25) is 6.41 Å². The number of aromatic amines is 2. The number of hydrogen-bond acceptors (Lipinski definition) is 3. The predicted octanol–water partition coefficient (Wildman–Crippen LogP) is 6.53. The zero-order chi connectivity index (χ0) is 26.3. The Morgan fingerprint density at radius 2 is 1.44 bits per heavy atom. The van der Waals surface area contributed by atoms with Crippen molar-refractivity contribution in [3.05, 3.63) is 115 Å². The SMILES string of the molecule is O=CN(c1ccc2[nH]ccc2c1)c1ccc2c(cnn2-c2ccc(NC(=O)c3ccc4[nH]ccc4c3)cc2)c1. The highest BCUT2D eigenvalue weighted by atomic mass is 16.1. The monoisotopic (exact) mass is 510 g/mol. The summed E-state index contributed by atoms with van der Waals surface area (Å²) in [6.45, 7) is 0. The van der Waals surface area contributed by atoms with Crippen molar-refractivity contribution in [1.29, 1.82) is 0 Å². The number of carbonyl (C=O) groups excluding carboxylic acids is 2. The van der Waals surface area contributed by atoms with Crippen molar-refractivity contribution in [3.63, 3.8) is 0 Å². The molecule has 3 N–H and O–H groups in total. The summed E-state index contributed by atoms with van der Waals surface area (Å²) in [7, 11) is 0. The molecule has 0 atom stereocenters. The van der Waals surface area contributed by atoms with E-state index in [9.17, 15) is 9.59 Å². The van der Waals surface area contributed by atoms with Crippen LogP contribution in [0.1, 0.15) is 10.4 Å². The average Bonchev–Trinajstić information content (AvgIpc) is 3.72. The molecule has 0 spiro atoms. The van der Waals surface area contributed by atoms with E-state index in [2.05, 4.69) is 20.4 Å². The number of nitrogens with one attached hydrogen (secondary N) is 3. The maximum absolute atomic E-state index is 12.8. The van der Waals surface area contributed by atoms with Crippen molar-refractivity contribution < 1.29 is 9.59 Å². The smallest absolute Gasteiger partial charge is 0.255 e. The number of nitrogens with zero attached hydrogens (tertiary/aromatic N) is 3. The number of fused-ring (bicyclic) bond motifs is 3. The molecule has 0 fully saturated rings. The van der Waals surface area contributed by atoms with Gasteiger partial charge in [0.25, 0.3) is 5.91 Å². The fraction of sp³-hybridized carbons (Fsp3) is 0. The third-order valence-corrected chi connectivity index (χ3v) is 6.94. The molecule has 0 aliphatic carbocycles. The Morgan fingerprint density at radius 3 is 2.18 bits per heavy atom. The molecule has 0 aliphatic rings. The fourth-order valence-corrected chi connectivity index (χ4v) is 4.92. The lowest BCUT2D eigenvalue weighted by Gasteiger charge is -2.18. The fourth-order valence-electron chi connectivity index (χ4n) is 4.92. The highest BCUT2D eigenvalue weighted by Gasteiger charge is 2.13. The lowest BCUT2D eigenvalue weighted by atomic mass is 10.1. The summed E-state index contributed by atoms with van der Waals surface area (Å²) in [4.78, 5) is 32.7. The van der Waals surface area contributed by atoms with Crippen molar-refractivity contribution in [3.8, 4) is 5.69 Å². The van der Waals surface area contributed by atoms with Crippen molar-refractivity contribution in [2.45, 2.75) is 0 Å². The van der Waals surface area contributed by atoms with E-state index in [1.54, 1.807) is 17.2 Å². The number of rotatable bonds is 6. The standard InChI is InChI=1S/C31H22N6O2/c38-19-36(26-6-9-29-21(16-26)12-14-33-29)27-7-10-30-23(17-27)18-34-37(30)25-4-2-24(3-5-25)35-31(39)22-1-8-28-20(15-22)11-13-32-28/h1-19,32-33H,(H,35,39). The molecule has 0 aliphatic heterocycles. The van der Waals surface area contributed by atoms with Crippen LogP contribution in [-0.2, 0) is 4.79 Å². The Labute approximate surface area is 222 Å². The Morgan fingerprint density at radius 1 is 0.769 bits per heavy atom. The van der Waals surface area contributed by atoms with Gasteiger partial charge in [-0.2, -0.15) is 5.10 Å². The number of H-pyrrole nitrogens is 2. The van der Waals surface area contributed by atoms with Crippen LogP contribution in [0.2, 0.25) is 0 Å². The van der Waals surface area contributed by atoms with E-state index in [0.717, 1.165) is 56.2 Å². The van der Waals surface area contributed by atoms with E-state index in [0.29, 0.717) is 11.3 Å². The van der Waals surface area contributed by atoms with E-state index in [1.807, 2.05) is 102 Å². The lowest BCUT2D eigenvalue weighted by molar-refractivity contribution is -0.106. The molecule has 8 nitrogen and oxygen atoms in total. The van der Waals surface area contributed by atoms with Crippen molar-refractivity contribution >= 4 is 62.1 Å². The number of amides is 2. The Hall–Kier alpha value is -5.63. The van der Waals surface area contributed by atoms with E-state index < -0.39 is 0 Å². The van der Waals surface area contributed by atoms with Crippen molar-refractivity contribution in [1.82, 2.24) is 19.7 Å². The van der Waals surface area contributed by atoms with Crippen LogP contribution in [0.3, 0.4) is 0 Å². The number of carbonyl (C=O) groups is 2. The molecule has 0 saturated heterocycles. The van der Waals surface area contributed by atoms with Crippen LogP contribution in [-0.4, -0.2) is 32.1 Å². The molecule has 8 heteroatoms. The zero-order valence-electron chi connectivity index (χ0n) is 20.6. The summed E-state index contributed by atoms with van der Waals surface area (Å²) in [6.07, 6.45) is 6.34. The summed E-state index contributed by atoms with van der Waals surface area (Å²) < 4.78 is 1.83. The Balaban J connectivity index is 1.13. The lowest BCUT2D eigenvalue weighted by Crippen LogP contribution is -2.13. The van der Waals surface area contributed by atoms with Gasteiger partial charge in [-0.1, -0.05) is 0 Å². The van der Waals surface area contributed by atoms with Gasteiger partial charge in [-0.05, 0) is 91.0 Å². The van der Waals surface area contributed by atoms with Crippen LogP contribution >= 0.6 is 0 Å². The maximum atomic E-state index is 12.8. The highest BCUT2D eigenvalue weighted by molar-refractivity contribution is 6.06. The normalized spacial score (nSPS) is 11.3. The summed E-state index contributed by atoms with van der Waals surface area (Å²) in [5.74, 6) is -0.168. The summed E-state index contributed by atoms with van der Waals surface area (Å²) in [6, 6.07) is 28.7. The van der Waals surface area contributed by atoms with Gasteiger partial charge in [0.15, 0.2) is 0 Å². The molecular weight excluding hydrogens is 488 g/mol. The molecule has 0 saturated carbocycles. The van der Waals surface area contributed by atoms with Crippen LogP contribution in [0.5, 0.6) is 0 Å². The van der Waals surface area contributed by atoms with Gasteiger partial charge < -0.3 is 15.3 Å². The molecule has 2 amide bonds. The first-order valence-corrected chi connectivity index (χ1v) is 12.4. The molecule has 7 rings (SSSR count). The third-order valence-electron chi connectivity index (χ3n) is 6.94. The average molecular weight is 511 g/mol. The first-order chi connectivity index (χ1) is 19.2. The van der Waals surface area contributed by atoms with Crippen molar-refractivity contribution in [2.75, 3.05) is 10.2 Å². The second-order valence-corrected chi connectivity index (χ2v) is 9.30. The van der Waals surface area contributed by atoms with Crippen LogP contribution in [0.15, 0.2) is 110 Å². The topological polar surface area (TPSA) is 98.8 Å². The Kier molecular flexibility index (Phi) is 5.23. The van der Waals surface area contributed by atoms with Crippen molar-refractivity contribution in [2.24, 2.45) is 0 Å². The Bertz CT molecular complexity index is 2000. The molecule has 0 unspecified atom stereocenters. The largest absolute Gasteiger partial charge is 0.361 e. The first-order valence-electron chi connectivity index (χ1n) is 12.4. The summed E-state index contributed by atoms with van der Waals surface area (Å²) >= 11 is 0. The van der Waals surface area contributed by atoms with E-state index in [1.165, 1.54) is 0 Å². The van der Waals surface area contributed by atoms with Gasteiger partial charge in [-0.25, -0.2) is 4.68 Å².